The van der Waals surface area contributed by atoms with Crippen LogP contribution in [0, 0.1) is 5.82 Å². The summed E-state index contributed by atoms with van der Waals surface area (Å²) in [6.45, 7) is 2.93. The van der Waals surface area contributed by atoms with Gasteiger partial charge in [0.05, 0.1) is 13.2 Å². The lowest BCUT2D eigenvalue weighted by atomic mass is 9.99. The van der Waals surface area contributed by atoms with Crippen LogP contribution in [0.25, 0.3) is 0 Å². The van der Waals surface area contributed by atoms with Gasteiger partial charge in [0.15, 0.2) is 0 Å². The number of aromatic nitrogens is 1. The third-order valence-corrected chi connectivity index (χ3v) is 3.12. The molecule has 1 aromatic carbocycles. The highest BCUT2D eigenvalue weighted by molar-refractivity contribution is 5.41. The number of methoxy groups -OCH3 is 1. The summed E-state index contributed by atoms with van der Waals surface area (Å²) in [6, 6.07) is 8.30. The first kappa shape index (κ1) is 14.5. The molecular weight excluding hydrogens is 255 g/mol. The van der Waals surface area contributed by atoms with Crippen molar-refractivity contribution in [1.29, 1.82) is 0 Å². The van der Waals surface area contributed by atoms with Crippen molar-refractivity contribution in [2.75, 3.05) is 13.7 Å². The second-order valence-corrected chi connectivity index (χ2v) is 4.56. The number of rotatable bonds is 6. The van der Waals surface area contributed by atoms with E-state index in [9.17, 15) is 4.39 Å². The van der Waals surface area contributed by atoms with E-state index in [0.29, 0.717) is 5.75 Å². The lowest BCUT2D eigenvalue weighted by Crippen LogP contribution is -2.24. The van der Waals surface area contributed by atoms with Crippen LogP contribution in [0.3, 0.4) is 0 Å². The van der Waals surface area contributed by atoms with E-state index in [1.165, 1.54) is 12.1 Å². The van der Waals surface area contributed by atoms with Crippen LogP contribution in [0.1, 0.15) is 30.5 Å². The minimum Gasteiger partial charge on any atom is -0.496 e. The van der Waals surface area contributed by atoms with Crippen LogP contribution < -0.4 is 10.1 Å². The minimum absolute atomic E-state index is 0.130. The molecule has 1 heterocycles. The number of benzene rings is 1. The Labute approximate surface area is 118 Å². The van der Waals surface area contributed by atoms with E-state index in [1.807, 2.05) is 12.1 Å². The van der Waals surface area contributed by atoms with Gasteiger partial charge in [-0.2, -0.15) is 0 Å². The lowest BCUT2D eigenvalue weighted by molar-refractivity contribution is 0.402. The van der Waals surface area contributed by atoms with Crippen LogP contribution in [-0.4, -0.2) is 18.6 Å². The Balaban J connectivity index is 2.43. The van der Waals surface area contributed by atoms with Gasteiger partial charge in [0.25, 0.3) is 0 Å². The maximum atomic E-state index is 13.6. The zero-order valence-corrected chi connectivity index (χ0v) is 11.8. The van der Waals surface area contributed by atoms with Crippen LogP contribution in [0.15, 0.2) is 42.7 Å². The van der Waals surface area contributed by atoms with Crippen molar-refractivity contribution in [3.05, 3.63) is 59.7 Å². The van der Waals surface area contributed by atoms with E-state index >= 15 is 0 Å². The number of hydrogen-bond donors (Lipinski definition) is 1. The summed E-state index contributed by atoms with van der Waals surface area (Å²) in [7, 11) is 1.59. The molecule has 106 valence electrons. The fourth-order valence-electron chi connectivity index (χ4n) is 2.17. The molecule has 1 aromatic heterocycles. The first-order chi connectivity index (χ1) is 9.76. The highest BCUT2D eigenvalue weighted by Crippen LogP contribution is 2.30. The summed E-state index contributed by atoms with van der Waals surface area (Å²) in [5, 5.41) is 3.42. The molecule has 1 unspecified atom stereocenters. The van der Waals surface area contributed by atoms with Gasteiger partial charge in [-0.3, -0.25) is 4.98 Å². The zero-order chi connectivity index (χ0) is 14.4. The van der Waals surface area contributed by atoms with E-state index in [1.54, 1.807) is 25.6 Å². The summed E-state index contributed by atoms with van der Waals surface area (Å²) in [4.78, 5) is 4.14. The summed E-state index contributed by atoms with van der Waals surface area (Å²) >= 11 is 0. The zero-order valence-electron chi connectivity index (χ0n) is 11.8. The molecule has 4 heteroatoms. The third kappa shape index (κ3) is 3.33. The van der Waals surface area contributed by atoms with Crippen molar-refractivity contribution in [2.45, 2.75) is 19.4 Å². The average Bonchev–Trinajstić information content (AvgIpc) is 2.49. The molecule has 20 heavy (non-hydrogen) atoms. The molecule has 0 fully saturated rings. The SMILES string of the molecule is CCCNC(c1cccnc1)c1cc(F)ccc1OC. The predicted molar refractivity (Wildman–Crippen MR) is 77.3 cm³/mol. The molecule has 0 saturated carbocycles. The van der Waals surface area contributed by atoms with Crippen LogP contribution >= 0.6 is 0 Å². The van der Waals surface area contributed by atoms with Crippen LogP contribution in [0.4, 0.5) is 4.39 Å². The highest BCUT2D eigenvalue weighted by Gasteiger charge is 2.18. The summed E-state index contributed by atoms with van der Waals surface area (Å²) in [5.41, 5.74) is 1.78. The fourth-order valence-corrected chi connectivity index (χ4v) is 2.17. The minimum atomic E-state index is -0.270. The molecule has 2 rings (SSSR count). The monoisotopic (exact) mass is 274 g/mol. The average molecular weight is 274 g/mol. The number of hydrogen-bond acceptors (Lipinski definition) is 3. The van der Waals surface area contributed by atoms with Gasteiger partial charge < -0.3 is 10.1 Å². The van der Waals surface area contributed by atoms with E-state index in [2.05, 4.69) is 17.2 Å². The molecule has 0 aliphatic carbocycles. The smallest absolute Gasteiger partial charge is 0.124 e. The maximum Gasteiger partial charge on any atom is 0.124 e. The standard InChI is InChI=1S/C16H19FN2O/c1-3-8-19-16(12-5-4-9-18-11-12)14-10-13(17)6-7-15(14)20-2/h4-7,9-11,16,19H,3,8H2,1-2H3. The van der Waals surface area contributed by atoms with Gasteiger partial charge in [-0.25, -0.2) is 4.39 Å². The normalized spacial score (nSPS) is 12.2. The predicted octanol–water partition coefficient (Wildman–Crippen LogP) is 3.32. The molecule has 0 saturated heterocycles. The van der Waals surface area contributed by atoms with E-state index in [-0.39, 0.29) is 11.9 Å². The van der Waals surface area contributed by atoms with Crippen molar-refractivity contribution in [1.82, 2.24) is 10.3 Å². The van der Waals surface area contributed by atoms with E-state index in [0.717, 1.165) is 24.1 Å². The quantitative estimate of drug-likeness (QED) is 0.877. The Hall–Kier alpha value is -1.94. The lowest BCUT2D eigenvalue weighted by Gasteiger charge is -2.21. The maximum absolute atomic E-state index is 13.6. The van der Waals surface area contributed by atoms with Crippen molar-refractivity contribution in [3.63, 3.8) is 0 Å². The number of nitrogens with one attached hydrogen (secondary N) is 1. The Morgan fingerprint density at radius 2 is 2.20 bits per heavy atom. The molecule has 0 radical (unpaired) electrons. The summed E-state index contributed by atoms with van der Waals surface area (Å²) < 4.78 is 18.9. The molecular formula is C16H19FN2O. The van der Waals surface area contributed by atoms with E-state index in [4.69, 9.17) is 4.74 Å². The molecule has 0 aliphatic heterocycles. The number of halogens is 1. The first-order valence-electron chi connectivity index (χ1n) is 6.73. The van der Waals surface area contributed by atoms with Gasteiger partial charge in [-0.1, -0.05) is 13.0 Å². The molecule has 1 N–H and O–H groups in total. The Kier molecular flexibility index (Phi) is 5.07. The van der Waals surface area contributed by atoms with Gasteiger partial charge in [-0.15, -0.1) is 0 Å². The molecule has 0 spiro atoms. The number of nitrogens with zero attached hydrogens (tertiary/aromatic N) is 1. The Bertz CT molecular complexity index is 545. The van der Waals surface area contributed by atoms with Crippen molar-refractivity contribution in [2.24, 2.45) is 0 Å². The third-order valence-electron chi connectivity index (χ3n) is 3.12. The van der Waals surface area contributed by atoms with Gasteiger partial charge in [0.2, 0.25) is 0 Å². The first-order valence-corrected chi connectivity index (χ1v) is 6.73. The van der Waals surface area contributed by atoms with Gasteiger partial charge in [0, 0.05) is 18.0 Å². The molecule has 0 amide bonds. The van der Waals surface area contributed by atoms with Crippen LogP contribution in [0.5, 0.6) is 5.75 Å². The number of pyridine rings is 1. The topological polar surface area (TPSA) is 34.2 Å². The second kappa shape index (κ2) is 7.01. The molecule has 2 aromatic rings. The fraction of sp³-hybridized carbons (Fsp3) is 0.312. The van der Waals surface area contributed by atoms with Crippen LogP contribution in [0.2, 0.25) is 0 Å². The van der Waals surface area contributed by atoms with Gasteiger partial charge >= 0.3 is 0 Å². The van der Waals surface area contributed by atoms with Crippen molar-refractivity contribution in [3.8, 4) is 5.75 Å². The largest absolute Gasteiger partial charge is 0.496 e. The van der Waals surface area contributed by atoms with Crippen molar-refractivity contribution < 1.29 is 9.13 Å². The highest BCUT2D eigenvalue weighted by atomic mass is 19.1. The molecule has 0 aliphatic rings. The summed E-state index contributed by atoms with van der Waals surface area (Å²) in [5.74, 6) is 0.400. The second-order valence-electron chi connectivity index (χ2n) is 4.56. The van der Waals surface area contributed by atoms with Crippen molar-refractivity contribution >= 4 is 0 Å². The Morgan fingerprint density at radius 3 is 2.85 bits per heavy atom. The molecule has 3 nitrogen and oxygen atoms in total. The molecule has 1 atom stereocenters. The summed E-state index contributed by atoms with van der Waals surface area (Å²) in [6.07, 6.45) is 4.51. The number of ether oxygens (including phenoxy) is 1. The Morgan fingerprint density at radius 1 is 1.35 bits per heavy atom. The van der Waals surface area contributed by atoms with Gasteiger partial charge in [-0.05, 0) is 42.8 Å². The van der Waals surface area contributed by atoms with Gasteiger partial charge in [0.1, 0.15) is 11.6 Å². The molecule has 0 bridgehead atoms. The van der Waals surface area contributed by atoms with E-state index < -0.39 is 0 Å². The van der Waals surface area contributed by atoms with Crippen LogP contribution in [-0.2, 0) is 0 Å².